The first-order valence-electron chi connectivity index (χ1n) is 15.4. The Hall–Kier alpha value is -5.13. The van der Waals surface area contributed by atoms with Crippen molar-refractivity contribution in [2.75, 3.05) is 0 Å². The van der Waals surface area contributed by atoms with Crippen molar-refractivity contribution in [3.8, 4) is 5.69 Å². The molecule has 216 valence electrons. The first-order valence-corrected chi connectivity index (χ1v) is 15.4. The zero-order chi connectivity index (χ0) is 29.6. The fourth-order valence-corrected chi connectivity index (χ4v) is 6.88. The molecule has 2 aromatic heterocycles. The summed E-state index contributed by atoms with van der Waals surface area (Å²) in [5.74, 6) is 7.41. The first kappa shape index (κ1) is 26.5. The highest BCUT2D eigenvalue weighted by molar-refractivity contribution is 6.07. The molecule has 0 saturated carbocycles. The van der Waals surface area contributed by atoms with Gasteiger partial charge in [0.1, 0.15) is 23.0 Å². The van der Waals surface area contributed by atoms with E-state index in [1.807, 2.05) is 18.2 Å². The highest BCUT2D eigenvalue weighted by Crippen LogP contribution is 2.40. The van der Waals surface area contributed by atoms with E-state index in [9.17, 15) is 0 Å². The second kappa shape index (κ2) is 10.9. The lowest BCUT2D eigenvalue weighted by Crippen LogP contribution is -2.32. The van der Waals surface area contributed by atoms with Gasteiger partial charge in [0, 0.05) is 33.1 Å². The summed E-state index contributed by atoms with van der Waals surface area (Å²) in [6.45, 7) is 2.24. The molecule has 6 aromatic rings. The van der Waals surface area contributed by atoms with Crippen LogP contribution in [0.5, 0.6) is 0 Å². The van der Waals surface area contributed by atoms with Crippen LogP contribution in [0.2, 0.25) is 0 Å². The number of amidine groups is 1. The number of furan rings is 1. The molecular weight excluding hydrogens is 540 g/mol. The van der Waals surface area contributed by atoms with E-state index in [4.69, 9.17) is 15.3 Å². The Bertz CT molecular complexity index is 2170. The number of hydrogen-bond acceptors (Lipinski definition) is 3. The van der Waals surface area contributed by atoms with Gasteiger partial charge in [-0.3, -0.25) is 4.99 Å². The Labute approximate surface area is 256 Å². The molecular formula is C39H34N4O. The second-order valence-electron chi connectivity index (χ2n) is 11.8. The van der Waals surface area contributed by atoms with Crippen LogP contribution in [0.4, 0.5) is 0 Å². The number of allylic oxidation sites excluding steroid dienone is 3. The molecule has 0 radical (unpaired) electrons. The van der Waals surface area contributed by atoms with E-state index in [-0.39, 0.29) is 6.04 Å². The Balaban J connectivity index is 1.30. The van der Waals surface area contributed by atoms with Gasteiger partial charge in [-0.05, 0) is 78.3 Å². The molecule has 0 amide bonds. The minimum absolute atomic E-state index is 0.277. The number of aromatic nitrogens is 1. The molecule has 0 saturated heterocycles. The first-order chi connectivity index (χ1) is 21.7. The van der Waals surface area contributed by atoms with Crippen LogP contribution in [0.25, 0.3) is 44.6 Å². The van der Waals surface area contributed by atoms with Gasteiger partial charge in [0.05, 0.1) is 5.52 Å². The number of nitrogens with two attached hydrogens (primary N) is 1. The van der Waals surface area contributed by atoms with E-state index in [1.54, 1.807) is 0 Å². The lowest BCUT2D eigenvalue weighted by Gasteiger charge is -2.21. The van der Waals surface area contributed by atoms with Crippen molar-refractivity contribution in [3.05, 3.63) is 143 Å². The van der Waals surface area contributed by atoms with E-state index in [0.29, 0.717) is 11.8 Å². The molecule has 0 aliphatic heterocycles. The molecule has 3 N–H and O–H groups in total. The van der Waals surface area contributed by atoms with Crippen LogP contribution in [0.1, 0.15) is 48.2 Å². The zero-order valence-corrected chi connectivity index (χ0v) is 24.7. The van der Waals surface area contributed by atoms with Crippen LogP contribution in [0.15, 0.2) is 130 Å². The Morgan fingerprint density at radius 3 is 2.61 bits per heavy atom. The summed E-state index contributed by atoms with van der Waals surface area (Å²) in [4.78, 5) is 5.39. The number of nitrogens with one attached hydrogen (secondary N) is 1. The summed E-state index contributed by atoms with van der Waals surface area (Å²) < 4.78 is 8.63. The van der Waals surface area contributed by atoms with Crippen molar-refractivity contribution in [1.29, 1.82) is 0 Å². The van der Waals surface area contributed by atoms with E-state index >= 15 is 0 Å². The summed E-state index contributed by atoms with van der Waals surface area (Å²) in [7, 11) is 0. The van der Waals surface area contributed by atoms with Gasteiger partial charge in [0.2, 0.25) is 0 Å². The Kier molecular flexibility index (Phi) is 6.54. The van der Waals surface area contributed by atoms with Crippen LogP contribution < -0.4 is 11.3 Å². The highest BCUT2D eigenvalue weighted by Gasteiger charge is 2.24. The SMILES string of the molecule is CC1C=CC(C(N=C(NN)c2cccc(-n3c4c(c5ccccc53)CCC=C4)c2)c2cccc3oc4ccccc4c23)=CC1. The number of hydrogen-bond donors (Lipinski definition) is 2. The summed E-state index contributed by atoms with van der Waals surface area (Å²) in [5.41, 5.74) is 12.8. The molecule has 0 spiro atoms. The molecule has 4 aromatic carbocycles. The van der Waals surface area contributed by atoms with Gasteiger partial charge < -0.3 is 14.4 Å². The topological polar surface area (TPSA) is 68.5 Å². The molecule has 5 nitrogen and oxygen atoms in total. The van der Waals surface area contributed by atoms with Gasteiger partial charge in [-0.15, -0.1) is 0 Å². The lowest BCUT2D eigenvalue weighted by atomic mass is 9.89. The van der Waals surface area contributed by atoms with Gasteiger partial charge >= 0.3 is 0 Å². The number of hydrazine groups is 1. The van der Waals surface area contributed by atoms with Gasteiger partial charge in [0.15, 0.2) is 0 Å². The predicted octanol–water partition coefficient (Wildman–Crippen LogP) is 8.96. The molecule has 2 aliphatic carbocycles. The number of aliphatic imine (C=N–C) groups is 1. The van der Waals surface area contributed by atoms with Crippen LogP contribution in [0, 0.1) is 5.92 Å². The highest BCUT2D eigenvalue weighted by atomic mass is 16.3. The Morgan fingerprint density at radius 2 is 1.75 bits per heavy atom. The molecule has 8 rings (SSSR count). The fraction of sp³-hybridized carbons (Fsp3) is 0.154. The number of rotatable bonds is 5. The third-order valence-corrected chi connectivity index (χ3v) is 9.02. The lowest BCUT2D eigenvalue weighted by molar-refractivity contribution is 0.668. The molecule has 0 fully saturated rings. The summed E-state index contributed by atoms with van der Waals surface area (Å²) >= 11 is 0. The fourth-order valence-electron chi connectivity index (χ4n) is 6.88. The monoisotopic (exact) mass is 574 g/mol. The number of fused-ring (bicyclic) bond motifs is 6. The molecule has 2 aliphatic rings. The molecule has 2 unspecified atom stereocenters. The summed E-state index contributed by atoms with van der Waals surface area (Å²) in [6, 6.07) is 31.4. The van der Waals surface area contributed by atoms with Crippen molar-refractivity contribution < 1.29 is 4.42 Å². The third kappa shape index (κ3) is 4.40. The van der Waals surface area contributed by atoms with Crippen LogP contribution in [0.3, 0.4) is 0 Å². The van der Waals surface area contributed by atoms with Crippen molar-refractivity contribution in [1.82, 2.24) is 9.99 Å². The number of aryl methyl sites for hydroxylation is 1. The normalized spacial score (nSPS) is 17.3. The standard InChI is InChI=1S/C39H34N4O/c1-25-20-22-26(23-21-25)38(32-15-9-19-36-37(32)31-14-4-7-18-35(31)44-36)41-39(42-40)27-10-8-11-28(24-27)43-33-16-5-2-12-29(33)30-13-3-6-17-34(30)43/h2,4-12,14-20,22-25,38H,3,13,21,40H2,1H3,(H,41,42). The molecule has 2 atom stereocenters. The summed E-state index contributed by atoms with van der Waals surface area (Å²) in [5, 5.41) is 3.49. The Morgan fingerprint density at radius 1 is 0.932 bits per heavy atom. The van der Waals surface area contributed by atoms with E-state index in [0.717, 1.165) is 63.6 Å². The third-order valence-electron chi connectivity index (χ3n) is 9.02. The quantitative estimate of drug-likeness (QED) is 0.0935. The maximum atomic E-state index is 6.28. The smallest absolute Gasteiger partial charge is 0.143 e. The van der Waals surface area contributed by atoms with Gasteiger partial charge in [0.25, 0.3) is 0 Å². The summed E-state index contributed by atoms with van der Waals surface area (Å²) in [6.07, 6.45) is 14.4. The second-order valence-corrected chi connectivity index (χ2v) is 11.8. The average molecular weight is 575 g/mol. The number of para-hydroxylation sites is 2. The minimum Gasteiger partial charge on any atom is -0.456 e. The van der Waals surface area contributed by atoms with Gasteiger partial charge in [-0.25, -0.2) is 5.84 Å². The van der Waals surface area contributed by atoms with Crippen LogP contribution >= 0.6 is 0 Å². The van der Waals surface area contributed by atoms with Crippen molar-refractivity contribution >= 4 is 44.8 Å². The molecule has 44 heavy (non-hydrogen) atoms. The number of benzene rings is 4. The van der Waals surface area contributed by atoms with Crippen LogP contribution in [-0.2, 0) is 6.42 Å². The largest absolute Gasteiger partial charge is 0.456 e. The molecule has 2 heterocycles. The minimum atomic E-state index is -0.277. The van der Waals surface area contributed by atoms with Gasteiger partial charge in [-0.2, -0.15) is 0 Å². The molecule has 0 bridgehead atoms. The average Bonchev–Trinajstić information content (AvgIpc) is 3.62. The van der Waals surface area contributed by atoms with Crippen molar-refractivity contribution in [2.45, 2.75) is 32.2 Å². The van der Waals surface area contributed by atoms with Crippen LogP contribution in [-0.4, -0.2) is 10.4 Å². The maximum absolute atomic E-state index is 6.28. The predicted molar refractivity (Wildman–Crippen MR) is 182 cm³/mol. The van der Waals surface area contributed by atoms with Crippen molar-refractivity contribution in [2.24, 2.45) is 16.8 Å². The zero-order valence-electron chi connectivity index (χ0n) is 24.7. The number of nitrogens with zero attached hydrogens (tertiary/aromatic N) is 2. The van der Waals surface area contributed by atoms with E-state index in [2.05, 4.69) is 120 Å². The molecule has 5 heteroatoms. The van der Waals surface area contributed by atoms with E-state index in [1.165, 1.54) is 22.2 Å². The van der Waals surface area contributed by atoms with Crippen molar-refractivity contribution in [3.63, 3.8) is 0 Å². The maximum Gasteiger partial charge on any atom is 0.143 e. The van der Waals surface area contributed by atoms with E-state index < -0.39 is 0 Å². The van der Waals surface area contributed by atoms with Gasteiger partial charge in [-0.1, -0.05) is 91.9 Å².